The Morgan fingerprint density at radius 3 is 2.61 bits per heavy atom. The highest BCUT2D eigenvalue weighted by atomic mass is 19.1. The van der Waals surface area contributed by atoms with Gasteiger partial charge < -0.3 is 20.3 Å². The van der Waals surface area contributed by atoms with Crippen molar-refractivity contribution in [1.29, 1.82) is 0 Å². The third-order valence-electron chi connectivity index (χ3n) is 3.20. The van der Waals surface area contributed by atoms with Crippen LogP contribution in [-0.2, 0) is 16.1 Å². The van der Waals surface area contributed by atoms with Crippen molar-refractivity contribution in [3.8, 4) is 5.75 Å². The Morgan fingerprint density at radius 2 is 2.00 bits per heavy atom. The van der Waals surface area contributed by atoms with E-state index in [9.17, 15) is 14.0 Å². The number of ether oxygens (including phenoxy) is 1. The van der Waals surface area contributed by atoms with Crippen LogP contribution < -0.4 is 20.3 Å². The largest absolute Gasteiger partial charge is 0.494 e. The summed E-state index contributed by atoms with van der Waals surface area (Å²) in [7, 11) is 3.25. The maximum Gasteiger partial charge on any atom is 0.275 e. The number of likely N-dealkylation sites (N-methyl/N-ethyl adjacent to an activating group) is 1. The van der Waals surface area contributed by atoms with Crippen molar-refractivity contribution >= 4 is 11.8 Å². The zero-order valence-corrected chi connectivity index (χ0v) is 13.9. The molecular formula is C16H25FN3O3+. The van der Waals surface area contributed by atoms with E-state index < -0.39 is 5.82 Å². The molecule has 0 aliphatic carbocycles. The van der Waals surface area contributed by atoms with Gasteiger partial charge in [0.1, 0.15) is 6.54 Å². The monoisotopic (exact) mass is 326 g/mol. The first-order valence-corrected chi connectivity index (χ1v) is 7.63. The lowest BCUT2D eigenvalue weighted by Gasteiger charge is -2.14. The van der Waals surface area contributed by atoms with Crippen LogP contribution in [0.3, 0.4) is 0 Å². The van der Waals surface area contributed by atoms with Crippen molar-refractivity contribution in [3.63, 3.8) is 0 Å². The number of hydrogen-bond acceptors (Lipinski definition) is 3. The molecule has 0 heterocycles. The summed E-state index contributed by atoms with van der Waals surface area (Å²) in [5, 5.41) is 5.26. The predicted octanol–water partition coefficient (Wildman–Crippen LogP) is -0.509. The van der Waals surface area contributed by atoms with Gasteiger partial charge in [0.15, 0.2) is 18.1 Å². The van der Waals surface area contributed by atoms with Crippen molar-refractivity contribution < 1.29 is 23.6 Å². The van der Waals surface area contributed by atoms with Crippen LogP contribution >= 0.6 is 0 Å². The van der Waals surface area contributed by atoms with Gasteiger partial charge in [-0.25, -0.2) is 4.39 Å². The Balaban J connectivity index is 2.38. The Morgan fingerprint density at radius 1 is 1.26 bits per heavy atom. The van der Waals surface area contributed by atoms with Gasteiger partial charge in [-0.2, -0.15) is 0 Å². The number of methoxy groups -OCH3 is 1. The number of quaternary nitrogens is 1. The lowest BCUT2D eigenvalue weighted by molar-refractivity contribution is -0.885. The van der Waals surface area contributed by atoms with E-state index in [1.165, 1.54) is 13.2 Å². The number of carbonyl (C=O) groups excluding carboxylic acids is 2. The summed E-state index contributed by atoms with van der Waals surface area (Å²) in [6, 6.07) is 4.73. The van der Waals surface area contributed by atoms with E-state index in [1.54, 1.807) is 12.1 Å². The van der Waals surface area contributed by atoms with Gasteiger partial charge in [-0.05, 0) is 24.6 Å². The van der Waals surface area contributed by atoms with Gasteiger partial charge in [0.05, 0.1) is 20.7 Å². The van der Waals surface area contributed by atoms with Gasteiger partial charge in [0.2, 0.25) is 5.91 Å². The van der Waals surface area contributed by atoms with Crippen molar-refractivity contribution in [1.82, 2.24) is 10.6 Å². The molecule has 0 radical (unpaired) electrons. The molecule has 0 aliphatic rings. The first kappa shape index (κ1) is 18.9. The average molecular weight is 326 g/mol. The highest BCUT2D eigenvalue weighted by Crippen LogP contribution is 2.16. The van der Waals surface area contributed by atoms with Crippen molar-refractivity contribution in [2.45, 2.75) is 19.9 Å². The van der Waals surface area contributed by atoms with Crippen molar-refractivity contribution in [3.05, 3.63) is 29.6 Å². The van der Waals surface area contributed by atoms with Gasteiger partial charge in [-0.15, -0.1) is 0 Å². The Labute approximate surface area is 136 Å². The highest BCUT2D eigenvalue weighted by molar-refractivity contribution is 5.84. The van der Waals surface area contributed by atoms with Gasteiger partial charge in [0.25, 0.3) is 5.91 Å². The Hall–Kier alpha value is -2.15. The molecule has 0 aliphatic heterocycles. The van der Waals surface area contributed by atoms with Gasteiger partial charge in [0, 0.05) is 12.1 Å². The van der Waals surface area contributed by atoms with E-state index in [1.807, 2.05) is 14.0 Å². The smallest absolute Gasteiger partial charge is 0.275 e. The minimum atomic E-state index is -0.421. The lowest BCUT2D eigenvalue weighted by atomic mass is 10.2. The maximum absolute atomic E-state index is 13.6. The second kappa shape index (κ2) is 9.78. The third kappa shape index (κ3) is 7.10. The summed E-state index contributed by atoms with van der Waals surface area (Å²) >= 11 is 0. The van der Waals surface area contributed by atoms with Crippen LogP contribution in [0.1, 0.15) is 18.9 Å². The number of benzene rings is 1. The molecule has 1 unspecified atom stereocenters. The van der Waals surface area contributed by atoms with E-state index in [2.05, 4.69) is 10.6 Å². The summed E-state index contributed by atoms with van der Waals surface area (Å²) in [6.45, 7) is 3.23. The summed E-state index contributed by atoms with van der Waals surface area (Å²) in [6.07, 6.45) is 0.852. The molecule has 6 nitrogen and oxygen atoms in total. The molecule has 23 heavy (non-hydrogen) atoms. The zero-order chi connectivity index (χ0) is 17.2. The molecular weight excluding hydrogens is 301 g/mol. The fourth-order valence-corrected chi connectivity index (χ4v) is 2.07. The first-order valence-electron chi connectivity index (χ1n) is 7.63. The maximum atomic E-state index is 13.6. The molecule has 0 bridgehead atoms. The molecule has 0 fully saturated rings. The minimum absolute atomic E-state index is 0.0245. The molecule has 1 rings (SSSR count). The molecule has 7 heteroatoms. The summed E-state index contributed by atoms with van der Waals surface area (Å²) in [5.74, 6) is -0.643. The second-order valence-electron chi connectivity index (χ2n) is 5.41. The molecule has 1 aromatic rings. The lowest BCUT2D eigenvalue weighted by Crippen LogP contribution is -3.08. The Kier molecular flexibility index (Phi) is 8.04. The van der Waals surface area contributed by atoms with Crippen LogP contribution in [-0.4, -0.2) is 45.6 Å². The predicted molar refractivity (Wildman–Crippen MR) is 84.7 cm³/mol. The number of rotatable bonds is 9. The van der Waals surface area contributed by atoms with Crippen LogP contribution in [0.2, 0.25) is 0 Å². The number of nitrogens with one attached hydrogen (secondary N) is 3. The van der Waals surface area contributed by atoms with E-state index in [0.717, 1.165) is 16.9 Å². The third-order valence-corrected chi connectivity index (χ3v) is 3.20. The van der Waals surface area contributed by atoms with Crippen LogP contribution in [0.4, 0.5) is 4.39 Å². The van der Waals surface area contributed by atoms with E-state index in [4.69, 9.17) is 4.74 Å². The van der Waals surface area contributed by atoms with Crippen molar-refractivity contribution in [2.24, 2.45) is 0 Å². The van der Waals surface area contributed by atoms with Gasteiger partial charge >= 0.3 is 0 Å². The highest BCUT2D eigenvalue weighted by Gasteiger charge is 2.13. The molecule has 1 atom stereocenters. The van der Waals surface area contributed by atoms with E-state index in [-0.39, 0.29) is 30.7 Å². The average Bonchev–Trinajstić information content (AvgIpc) is 2.51. The molecule has 2 amide bonds. The molecule has 0 saturated carbocycles. The normalized spacial score (nSPS) is 11.7. The topological polar surface area (TPSA) is 71.9 Å². The molecule has 3 N–H and O–H groups in total. The van der Waals surface area contributed by atoms with Gasteiger partial charge in [-0.1, -0.05) is 6.92 Å². The molecule has 0 aromatic heterocycles. The molecule has 128 valence electrons. The van der Waals surface area contributed by atoms with E-state index in [0.29, 0.717) is 13.1 Å². The SMILES string of the molecule is CCCNC(=O)CNC(=O)C[NH+](C)Cc1ccc(OC)c(F)c1. The van der Waals surface area contributed by atoms with Gasteiger partial charge in [-0.3, -0.25) is 9.59 Å². The van der Waals surface area contributed by atoms with Crippen LogP contribution in [0.15, 0.2) is 18.2 Å². The zero-order valence-electron chi connectivity index (χ0n) is 13.9. The fourth-order valence-electron chi connectivity index (χ4n) is 2.07. The fraction of sp³-hybridized carbons (Fsp3) is 0.500. The standard InChI is InChI=1S/C16H24FN3O3/c1-4-7-18-15(21)9-19-16(22)11-20(2)10-12-5-6-14(23-3)13(17)8-12/h5-6,8H,4,7,9-11H2,1-3H3,(H,18,21)(H,19,22)/p+1. The van der Waals surface area contributed by atoms with Crippen LogP contribution in [0, 0.1) is 5.82 Å². The van der Waals surface area contributed by atoms with E-state index >= 15 is 0 Å². The quantitative estimate of drug-likeness (QED) is 0.572. The Bertz CT molecular complexity index is 537. The van der Waals surface area contributed by atoms with Crippen molar-refractivity contribution in [2.75, 3.05) is 33.8 Å². The summed E-state index contributed by atoms with van der Waals surface area (Å²) in [4.78, 5) is 24.1. The molecule has 0 spiro atoms. The number of hydrogen-bond donors (Lipinski definition) is 3. The minimum Gasteiger partial charge on any atom is -0.494 e. The van der Waals surface area contributed by atoms with Crippen LogP contribution in [0.25, 0.3) is 0 Å². The molecule has 0 saturated heterocycles. The summed E-state index contributed by atoms with van der Waals surface area (Å²) < 4.78 is 18.5. The van der Waals surface area contributed by atoms with Crippen LogP contribution in [0.5, 0.6) is 5.75 Å². The number of halogens is 1. The first-order chi connectivity index (χ1) is 11.0. The second-order valence-corrected chi connectivity index (χ2v) is 5.41. The number of carbonyl (C=O) groups is 2. The summed E-state index contributed by atoms with van der Waals surface area (Å²) in [5.41, 5.74) is 0.772. The number of amides is 2. The molecule has 1 aromatic carbocycles.